The molecule has 10 aromatic carbocycles. The first-order valence-electron chi connectivity index (χ1n) is 17.6. The van der Waals surface area contributed by atoms with E-state index < -0.39 is 6.16 Å². The molecule has 0 amide bonds. The van der Waals surface area contributed by atoms with Crippen LogP contribution in [0.25, 0.3) is 86.2 Å². The summed E-state index contributed by atoms with van der Waals surface area (Å²) in [4.78, 5) is 11.9. The number of carbonyl (C=O) groups is 1. The van der Waals surface area contributed by atoms with Gasteiger partial charge >= 0.3 is 6.16 Å². The van der Waals surface area contributed by atoms with Crippen LogP contribution in [0.3, 0.4) is 0 Å². The predicted octanol–water partition coefficient (Wildman–Crippen LogP) is 12.3. The topological polar surface area (TPSA) is 55.8 Å². The number of rotatable bonds is 5. The predicted molar refractivity (Wildman–Crippen MR) is 212 cm³/mol. The smallest absolute Gasteiger partial charge is 0.434 e. The molecule has 1 N–H and O–H groups in total. The molecule has 0 aliphatic heterocycles. The van der Waals surface area contributed by atoms with Gasteiger partial charge in [-0.05, 0) is 103 Å². The van der Waals surface area contributed by atoms with E-state index in [1.54, 1.807) is 0 Å². The Labute approximate surface area is 295 Å². The molecule has 0 aromatic heterocycles. The highest BCUT2D eigenvalue weighted by Crippen LogP contribution is 2.42. The lowest BCUT2D eigenvalue weighted by atomic mass is 9.88. The average molecular weight is 665 g/mol. The van der Waals surface area contributed by atoms with Crippen LogP contribution in [-0.2, 0) is 22.7 Å². The van der Waals surface area contributed by atoms with E-state index in [0.29, 0.717) is 6.61 Å². The first kappa shape index (κ1) is 31.0. The molecule has 0 saturated heterocycles. The Balaban J connectivity index is 0.000000141. The van der Waals surface area contributed by atoms with Crippen LogP contribution < -0.4 is 0 Å². The van der Waals surface area contributed by atoms with Crippen molar-refractivity contribution >= 4 is 92.3 Å². The van der Waals surface area contributed by atoms with Crippen molar-refractivity contribution in [2.45, 2.75) is 27.1 Å². The molecule has 0 saturated carbocycles. The Bertz CT molecular complexity index is 2800. The number of aliphatic hydroxyl groups is 1. The van der Waals surface area contributed by atoms with Crippen molar-refractivity contribution < 1.29 is 19.4 Å². The van der Waals surface area contributed by atoms with Crippen LogP contribution in [0.2, 0.25) is 0 Å². The molecule has 0 radical (unpaired) electrons. The fraction of sp³-hybridized carbons (Fsp3) is 0.128. The van der Waals surface area contributed by atoms with Gasteiger partial charge in [0.2, 0.25) is 0 Å². The zero-order valence-corrected chi connectivity index (χ0v) is 28.6. The Hall–Kier alpha value is -5.97. The number of hydrogen-bond donors (Lipinski definition) is 1. The summed E-state index contributed by atoms with van der Waals surface area (Å²) in [6, 6.07) is 47.1. The molecule has 0 aliphatic carbocycles. The van der Waals surface area contributed by atoms with E-state index in [1.807, 2.05) is 19.9 Å². The normalized spacial score (nSPS) is 11.9. The third-order valence-corrected chi connectivity index (χ3v) is 10.3. The number of aliphatic hydroxyl groups excluding tert-OH is 1. The molecule has 248 valence electrons. The van der Waals surface area contributed by atoms with Gasteiger partial charge in [-0.2, -0.15) is 0 Å². The van der Waals surface area contributed by atoms with Crippen molar-refractivity contribution in [2.24, 2.45) is 5.92 Å². The van der Waals surface area contributed by atoms with Crippen molar-refractivity contribution in [3.05, 3.63) is 145 Å². The number of carbonyl (C=O) groups excluding carboxylic acids is 1. The van der Waals surface area contributed by atoms with Crippen LogP contribution in [0.15, 0.2) is 133 Å². The lowest BCUT2D eigenvalue weighted by Crippen LogP contribution is -2.11. The molecule has 0 heterocycles. The van der Waals surface area contributed by atoms with Crippen molar-refractivity contribution in [1.29, 1.82) is 0 Å². The summed E-state index contributed by atoms with van der Waals surface area (Å²) in [6.07, 6.45) is -0.616. The Morgan fingerprint density at radius 1 is 0.471 bits per heavy atom. The highest BCUT2D eigenvalue weighted by Gasteiger charge is 2.16. The maximum absolute atomic E-state index is 11.9. The van der Waals surface area contributed by atoms with Crippen LogP contribution in [0.5, 0.6) is 0 Å². The molecule has 0 atom stereocenters. The van der Waals surface area contributed by atoms with Gasteiger partial charge in [-0.1, -0.05) is 147 Å². The molecule has 0 spiro atoms. The van der Waals surface area contributed by atoms with Gasteiger partial charge in [-0.15, -0.1) is 0 Å². The largest absolute Gasteiger partial charge is 0.508 e. The number of fused-ring (bicyclic) bond motifs is 4. The molecule has 0 bridgehead atoms. The van der Waals surface area contributed by atoms with Crippen LogP contribution in [0.1, 0.15) is 25.0 Å². The zero-order valence-electron chi connectivity index (χ0n) is 28.6. The summed E-state index contributed by atoms with van der Waals surface area (Å²) in [5.74, 6) is 0.283. The average Bonchev–Trinajstić information content (AvgIpc) is 3.17. The van der Waals surface area contributed by atoms with Crippen molar-refractivity contribution in [3.8, 4) is 0 Å². The SMILES string of the molecule is CC(C)COC(=O)OCc1ccc2c3cccc4cccc(c5cccc1c52)c43.OCc1ccc2c3cccc4cccc(c5cccc1c52)c43. The molecule has 10 rings (SSSR count). The Morgan fingerprint density at radius 2 is 0.843 bits per heavy atom. The molecule has 10 aromatic rings. The highest BCUT2D eigenvalue weighted by molar-refractivity contribution is 6.34. The van der Waals surface area contributed by atoms with Gasteiger partial charge in [0, 0.05) is 0 Å². The number of ether oxygens (including phenoxy) is 2. The van der Waals surface area contributed by atoms with Gasteiger partial charge in [-0.3, -0.25) is 0 Å². The quantitative estimate of drug-likeness (QED) is 0.113. The van der Waals surface area contributed by atoms with E-state index >= 15 is 0 Å². The van der Waals surface area contributed by atoms with E-state index in [9.17, 15) is 9.90 Å². The van der Waals surface area contributed by atoms with Crippen LogP contribution >= 0.6 is 0 Å². The second-order valence-electron chi connectivity index (χ2n) is 13.8. The van der Waals surface area contributed by atoms with Crippen molar-refractivity contribution in [3.63, 3.8) is 0 Å². The zero-order chi connectivity index (χ0) is 34.6. The maximum Gasteiger partial charge on any atom is 0.508 e. The first-order chi connectivity index (χ1) is 25.0. The first-order valence-corrected chi connectivity index (χ1v) is 17.6. The van der Waals surface area contributed by atoms with Crippen LogP contribution in [0.4, 0.5) is 4.79 Å². The minimum absolute atomic E-state index is 0.0755. The highest BCUT2D eigenvalue weighted by atomic mass is 16.7. The van der Waals surface area contributed by atoms with E-state index in [4.69, 9.17) is 9.47 Å². The van der Waals surface area contributed by atoms with Gasteiger partial charge in [0.25, 0.3) is 0 Å². The standard InChI is InChI=1S/C26H22O3.C21H14O/c1-16(2)14-28-26(27)29-15-18-12-13-23-21-10-4-7-17-6-3-9-20(24(17)21)22-11-5-8-19(18)25(22)23;22-12-14-10-11-19-17-8-2-5-13-4-1-7-16(20(13)17)18-9-3-6-15(14)21(18)19/h3-13,16H,14-15H2,1-2H3;1-11,22H,12H2. The minimum atomic E-state index is -0.616. The van der Waals surface area contributed by atoms with E-state index in [0.717, 1.165) is 21.9 Å². The van der Waals surface area contributed by atoms with Gasteiger partial charge in [0.15, 0.2) is 0 Å². The molecule has 51 heavy (non-hydrogen) atoms. The van der Waals surface area contributed by atoms with Gasteiger partial charge in [0.05, 0.1) is 13.2 Å². The Kier molecular flexibility index (Phi) is 7.56. The lowest BCUT2D eigenvalue weighted by Gasteiger charge is -2.16. The fourth-order valence-corrected chi connectivity index (χ4v) is 8.09. The van der Waals surface area contributed by atoms with Gasteiger partial charge in [0.1, 0.15) is 6.61 Å². The van der Waals surface area contributed by atoms with Crippen LogP contribution in [-0.4, -0.2) is 17.9 Å². The summed E-state index contributed by atoms with van der Waals surface area (Å²) >= 11 is 0. The monoisotopic (exact) mass is 664 g/mol. The second-order valence-corrected chi connectivity index (χ2v) is 13.8. The summed E-state index contributed by atoms with van der Waals surface area (Å²) in [6.45, 7) is 4.63. The molecular formula is C47H36O4. The summed E-state index contributed by atoms with van der Waals surface area (Å²) in [5.41, 5.74) is 1.98. The van der Waals surface area contributed by atoms with E-state index in [1.165, 1.54) is 75.4 Å². The minimum Gasteiger partial charge on any atom is -0.434 e. The molecule has 0 unspecified atom stereocenters. The third kappa shape index (κ3) is 5.06. The van der Waals surface area contributed by atoms with Gasteiger partial charge < -0.3 is 14.6 Å². The summed E-state index contributed by atoms with van der Waals surface area (Å²) in [7, 11) is 0. The van der Waals surface area contributed by atoms with Crippen molar-refractivity contribution in [1.82, 2.24) is 0 Å². The fourth-order valence-electron chi connectivity index (χ4n) is 8.09. The molecule has 4 nitrogen and oxygen atoms in total. The molecule has 4 heteroatoms. The maximum atomic E-state index is 11.9. The van der Waals surface area contributed by atoms with Crippen LogP contribution in [0, 0.1) is 5.92 Å². The number of hydrogen-bond acceptors (Lipinski definition) is 4. The lowest BCUT2D eigenvalue weighted by molar-refractivity contribution is 0.0427. The Morgan fingerprint density at radius 3 is 1.29 bits per heavy atom. The summed E-state index contributed by atoms with van der Waals surface area (Å²) in [5, 5.41) is 29.7. The molecule has 0 fully saturated rings. The van der Waals surface area contributed by atoms with Crippen molar-refractivity contribution in [2.75, 3.05) is 6.61 Å². The number of benzene rings is 10. The van der Waals surface area contributed by atoms with Gasteiger partial charge in [-0.25, -0.2) is 4.79 Å². The second kappa shape index (κ2) is 12.4. The van der Waals surface area contributed by atoms with E-state index in [2.05, 4.69) is 127 Å². The van der Waals surface area contributed by atoms with E-state index in [-0.39, 0.29) is 19.1 Å². The molecular weight excluding hydrogens is 629 g/mol. The third-order valence-electron chi connectivity index (χ3n) is 10.3. The summed E-state index contributed by atoms with van der Waals surface area (Å²) < 4.78 is 10.5. The molecule has 0 aliphatic rings.